The predicted molar refractivity (Wildman–Crippen MR) is 108 cm³/mol. The monoisotopic (exact) mass is 347 g/mol. The SMILES string of the molecule is CCn1c2c(c(=O)c3cc(OC)c(C)cc31)Cc1cc(C(C)C)ccc1-2. The van der Waals surface area contributed by atoms with Gasteiger partial charge in [-0.3, -0.25) is 4.79 Å². The Bertz CT molecular complexity index is 1090. The fraction of sp³-hybridized carbons (Fsp3) is 0.348. The summed E-state index contributed by atoms with van der Waals surface area (Å²) in [7, 11) is 1.66. The van der Waals surface area contributed by atoms with Gasteiger partial charge in [-0.05, 0) is 48.6 Å². The minimum absolute atomic E-state index is 0.139. The number of hydrogen-bond donors (Lipinski definition) is 0. The number of methoxy groups -OCH3 is 1. The minimum atomic E-state index is 0.139. The Balaban J connectivity index is 2.07. The lowest BCUT2D eigenvalue weighted by Crippen LogP contribution is -2.15. The van der Waals surface area contributed by atoms with Gasteiger partial charge in [0.25, 0.3) is 0 Å². The van der Waals surface area contributed by atoms with Gasteiger partial charge in [-0.25, -0.2) is 0 Å². The number of aryl methyl sites for hydroxylation is 2. The van der Waals surface area contributed by atoms with Crippen LogP contribution in [0, 0.1) is 6.92 Å². The highest BCUT2D eigenvalue weighted by molar-refractivity contribution is 5.89. The number of pyridine rings is 1. The van der Waals surface area contributed by atoms with E-state index >= 15 is 0 Å². The summed E-state index contributed by atoms with van der Waals surface area (Å²) in [6, 6.07) is 10.7. The Morgan fingerprint density at radius 3 is 2.62 bits per heavy atom. The summed E-state index contributed by atoms with van der Waals surface area (Å²) < 4.78 is 7.75. The van der Waals surface area contributed by atoms with E-state index < -0.39 is 0 Å². The van der Waals surface area contributed by atoms with Crippen LogP contribution in [0.2, 0.25) is 0 Å². The lowest BCUT2D eigenvalue weighted by molar-refractivity contribution is 0.412. The first-order valence-corrected chi connectivity index (χ1v) is 9.33. The number of benzene rings is 2. The molecule has 3 aromatic rings. The van der Waals surface area contributed by atoms with Gasteiger partial charge in [-0.2, -0.15) is 0 Å². The molecule has 0 unspecified atom stereocenters. The highest BCUT2D eigenvalue weighted by Crippen LogP contribution is 2.39. The third-order valence-corrected chi connectivity index (χ3v) is 5.61. The smallest absolute Gasteiger partial charge is 0.193 e. The van der Waals surface area contributed by atoms with Gasteiger partial charge in [0, 0.05) is 29.5 Å². The van der Waals surface area contributed by atoms with Crippen molar-refractivity contribution in [2.24, 2.45) is 0 Å². The van der Waals surface area contributed by atoms with Crippen LogP contribution >= 0.6 is 0 Å². The molecule has 1 aromatic heterocycles. The Morgan fingerprint density at radius 2 is 1.96 bits per heavy atom. The van der Waals surface area contributed by atoms with Crippen molar-refractivity contribution in [2.45, 2.75) is 46.6 Å². The maximum absolute atomic E-state index is 13.3. The molecule has 4 rings (SSSR count). The number of ether oxygens (including phenoxy) is 1. The number of rotatable bonds is 3. The average molecular weight is 347 g/mol. The normalized spacial score (nSPS) is 12.5. The van der Waals surface area contributed by atoms with E-state index in [0.717, 1.165) is 46.4 Å². The van der Waals surface area contributed by atoms with E-state index in [0.29, 0.717) is 5.92 Å². The van der Waals surface area contributed by atoms with Gasteiger partial charge in [-0.15, -0.1) is 0 Å². The van der Waals surface area contributed by atoms with Gasteiger partial charge in [0.1, 0.15) is 5.75 Å². The molecule has 0 radical (unpaired) electrons. The van der Waals surface area contributed by atoms with Crippen LogP contribution in [-0.2, 0) is 13.0 Å². The van der Waals surface area contributed by atoms with Gasteiger partial charge >= 0.3 is 0 Å². The van der Waals surface area contributed by atoms with E-state index in [9.17, 15) is 4.79 Å². The molecule has 3 nitrogen and oxygen atoms in total. The Morgan fingerprint density at radius 1 is 1.19 bits per heavy atom. The summed E-state index contributed by atoms with van der Waals surface area (Å²) in [5.41, 5.74) is 8.00. The Hall–Kier alpha value is -2.55. The molecule has 1 aliphatic carbocycles. The first-order chi connectivity index (χ1) is 12.5. The molecular weight excluding hydrogens is 322 g/mol. The highest BCUT2D eigenvalue weighted by Gasteiger charge is 2.26. The number of aromatic nitrogens is 1. The van der Waals surface area contributed by atoms with Crippen LogP contribution in [0.3, 0.4) is 0 Å². The molecule has 1 heterocycles. The van der Waals surface area contributed by atoms with E-state index in [1.165, 1.54) is 16.7 Å². The summed E-state index contributed by atoms with van der Waals surface area (Å²) in [4.78, 5) is 13.3. The van der Waals surface area contributed by atoms with E-state index in [1.54, 1.807) is 7.11 Å². The number of nitrogens with zero attached hydrogens (tertiary/aromatic N) is 1. The van der Waals surface area contributed by atoms with Crippen LogP contribution in [0.25, 0.3) is 22.2 Å². The van der Waals surface area contributed by atoms with E-state index in [4.69, 9.17) is 4.74 Å². The zero-order chi connectivity index (χ0) is 18.6. The highest BCUT2D eigenvalue weighted by atomic mass is 16.5. The predicted octanol–water partition coefficient (Wildman–Crippen LogP) is 5.03. The Kier molecular flexibility index (Phi) is 3.91. The summed E-state index contributed by atoms with van der Waals surface area (Å²) >= 11 is 0. The molecule has 0 bridgehead atoms. The van der Waals surface area contributed by atoms with Crippen molar-refractivity contribution >= 4 is 10.9 Å². The molecule has 0 spiro atoms. The number of hydrogen-bond acceptors (Lipinski definition) is 2. The van der Waals surface area contributed by atoms with Crippen molar-refractivity contribution in [3.05, 3.63) is 62.8 Å². The molecule has 26 heavy (non-hydrogen) atoms. The molecule has 0 saturated heterocycles. The molecule has 0 aliphatic heterocycles. The largest absolute Gasteiger partial charge is 0.496 e. The maximum Gasteiger partial charge on any atom is 0.193 e. The number of fused-ring (bicyclic) bond motifs is 4. The summed E-state index contributed by atoms with van der Waals surface area (Å²) in [6.07, 6.45) is 0.718. The molecule has 2 aromatic carbocycles. The van der Waals surface area contributed by atoms with Crippen LogP contribution in [0.15, 0.2) is 35.1 Å². The zero-order valence-corrected chi connectivity index (χ0v) is 16.1. The molecule has 0 saturated carbocycles. The van der Waals surface area contributed by atoms with Gasteiger partial charge < -0.3 is 9.30 Å². The fourth-order valence-electron chi connectivity index (χ4n) is 4.19. The molecule has 1 aliphatic rings. The second kappa shape index (κ2) is 6.01. The van der Waals surface area contributed by atoms with Crippen molar-refractivity contribution in [3.63, 3.8) is 0 Å². The topological polar surface area (TPSA) is 31.2 Å². The lowest BCUT2D eigenvalue weighted by atomic mass is 9.98. The third kappa shape index (κ3) is 2.30. The van der Waals surface area contributed by atoms with Gasteiger partial charge in [-0.1, -0.05) is 32.0 Å². The van der Waals surface area contributed by atoms with Crippen LogP contribution in [0.1, 0.15) is 48.9 Å². The molecule has 0 amide bonds. The van der Waals surface area contributed by atoms with Crippen LogP contribution in [0.4, 0.5) is 0 Å². The van der Waals surface area contributed by atoms with Crippen LogP contribution in [-0.4, -0.2) is 11.7 Å². The van der Waals surface area contributed by atoms with Crippen molar-refractivity contribution in [3.8, 4) is 17.0 Å². The first kappa shape index (κ1) is 16.9. The molecule has 0 atom stereocenters. The molecular formula is C23H25NO2. The van der Waals surface area contributed by atoms with E-state index in [1.807, 2.05) is 13.0 Å². The van der Waals surface area contributed by atoms with Crippen molar-refractivity contribution in [1.29, 1.82) is 0 Å². The quantitative estimate of drug-likeness (QED) is 0.520. The van der Waals surface area contributed by atoms with Gasteiger partial charge in [0.2, 0.25) is 0 Å². The molecule has 0 fully saturated rings. The summed E-state index contributed by atoms with van der Waals surface area (Å²) in [6.45, 7) is 9.41. The fourth-order valence-corrected chi connectivity index (χ4v) is 4.19. The standard InChI is InChI=1S/C23H25NO2/c1-6-24-20-9-14(4)21(26-5)12-18(20)23(25)19-11-16-10-15(13(2)3)7-8-17(16)22(19)24/h7-10,12-13H,6,11H2,1-5H3. The first-order valence-electron chi connectivity index (χ1n) is 9.33. The molecule has 0 N–H and O–H groups in total. The van der Waals surface area contributed by atoms with E-state index in [2.05, 4.69) is 49.6 Å². The van der Waals surface area contributed by atoms with Crippen molar-refractivity contribution < 1.29 is 4.74 Å². The second-order valence-electron chi connectivity index (χ2n) is 7.49. The van der Waals surface area contributed by atoms with Crippen molar-refractivity contribution in [2.75, 3.05) is 7.11 Å². The molecule has 134 valence electrons. The zero-order valence-electron chi connectivity index (χ0n) is 16.1. The third-order valence-electron chi connectivity index (χ3n) is 5.61. The minimum Gasteiger partial charge on any atom is -0.496 e. The second-order valence-corrected chi connectivity index (χ2v) is 7.49. The van der Waals surface area contributed by atoms with Crippen molar-refractivity contribution in [1.82, 2.24) is 4.57 Å². The van der Waals surface area contributed by atoms with E-state index in [-0.39, 0.29) is 5.43 Å². The van der Waals surface area contributed by atoms with Gasteiger partial charge in [0.15, 0.2) is 5.43 Å². The van der Waals surface area contributed by atoms with Crippen LogP contribution in [0.5, 0.6) is 5.75 Å². The lowest BCUT2D eigenvalue weighted by Gasteiger charge is -2.17. The van der Waals surface area contributed by atoms with Gasteiger partial charge in [0.05, 0.1) is 18.3 Å². The summed E-state index contributed by atoms with van der Waals surface area (Å²) in [5, 5.41) is 0.755. The Labute approximate surface area is 154 Å². The maximum atomic E-state index is 13.3. The molecule has 3 heteroatoms. The van der Waals surface area contributed by atoms with Crippen LogP contribution < -0.4 is 10.2 Å². The summed E-state index contributed by atoms with van der Waals surface area (Å²) in [5.74, 6) is 1.26. The average Bonchev–Trinajstić information content (AvgIpc) is 3.01.